The van der Waals surface area contributed by atoms with Crippen LogP contribution in [0.4, 0.5) is 5.69 Å². The van der Waals surface area contributed by atoms with E-state index in [1.807, 2.05) is 44.2 Å². The number of aliphatic imine (C=N–C) groups is 1. The van der Waals surface area contributed by atoms with Gasteiger partial charge in [0, 0.05) is 41.0 Å². The highest BCUT2D eigenvalue weighted by molar-refractivity contribution is 5.95. The lowest BCUT2D eigenvalue weighted by atomic mass is 9.99. The van der Waals surface area contributed by atoms with Crippen LogP contribution in [-0.4, -0.2) is 33.5 Å². The number of hydrogen-bond donors (Lipinski definition) is 3. The fourth-order valence-corrected chi connectivity index (χ4v) is 4.03. The molecule has 1 aliphatic heterocycles. The normalized spacial score (nSPS) is 19.2. The molecule has 3 N–H and O–H groups in total. The van der Waals surface area contributed by atoms with Crippen LogP contribution < -0.4 is 16.4 Å². The minimum Gasteiger partial charge on any atom is -0.396 e. The van der Waals surface area contributed by atoms with E-state index in [0.717, 1.165) is 46.3 Å². The molecule has 1 saturated carbocycles. The van der Waals surface area contributed by atoms with Crippen LogP contribution in [0.5, 0.6) is 0 Å². The van der Waals surface area contributed by atoms with Gasteiger partial charge in [-0.3, -0.25) is 9.78 Å². The first-order valence-corrected chi connectivity index (χ1v) is 10.3. The number of benzene rings is 1. The van der Waals surface area contributed by atoms with Crippen molar-refractivity contribution in [3.63, 3.8) is 0 Å². The minimum absolute atomic E-state index is 0.0586. The number of nitrogens with one attached hydrogen (secondary N) is 2. The zero-order chi connectivity index (χ0) is 21.8. The van der Waals surface area contributed by atoms with Crippen LogP contribution in [0, 0.1) is 19.3 Å². The summed E-state index contributed by atoms with van der Waals surface area (Å²) in [5.74, 6) is 0.491. The summed E-state index contributed by atoms with van der Waals surface area (Å²) in [4.78, 5) is 27.6. The Morgan fingerprint density at radius 2 is 2.06 bits per heavy atom. The van der Waals surface area contributed by atoms with Crippen molar-refractivity contribution in [3.8, 4) is 11.1 Å². The molecule has 0 saturated heterocycles. The molecule has 1 atom stereocenters. The lowest BCUT2D eigenvalue weighted by Crippen LogP contribution is -2.28. The molecule has 1 aromatic carbocycles. The lowest BCUT2D eigenvalue weighted by molar-refractivity contribution is -0.0264. The fraction of sp³-hybridized carbons (Fsp3) is 0.348. The van der Waals surface area contributed by atoms with E-state index < -0.39 is 6.23 Å². The summed E-state index contributed by atoms with van der Waals surface area (Å²) < 4.78 is 1.67. The summed E-state index contributed by atoms with van der Waals surface area (Å²) in [7, 11) is 1.79. The van der Waals surface area contributed by atoms with Crippen LogP contribution >= 0.6 is 0 Å². The summed E-state index contributed by atoms with van der Waals surface area (Å²) >= 11 is 0. The highest BCUT2D eigenvalue weighted by atomic mass is 16.7. The van der Waals surface area contributed by atoms with Crippen molar-refractivity contribution in [2.24, 2.45) is 17.5 Å². The topological polar surface area (TPSA) is 101 Å². The second-order valence-corrected chi connectivity index (χ2v) is 8.53. The first kappa shape index (κ1) is 19.7. The van der Waals surface area contributed by atoms with E-state index in [-0.39, 0.29) is 17.6 Å². The third-order valence-corrected chi connectivity index (χ3v) is 6.28. The third-order valence-electron chi connectivity index (χ3n) is 6.28. The maximum absolute atomic E-state index is 13.1. The predicted molar refractivity (Wildman–Crippen MR) is 120 cm³/mol. The largest absolute Gasteiger partial charge is 0.396 e. The highest BCUT2D eigenvalue weighted by Crippen LogP contribution is 2.50. The van der Waals surface area contributed by atoms with E-state index in [1.165, 1.54) is 0 Å². The van der Waals surface area contributed by atoms with Gasteiger partial charge in [-0.25, -0.2) is 15.3 Å². The van der Waals surface area contributed by atoms with E-state index in [0.29, 0.717) is 11.5 Å². The molecule has 1 fully saturated rings. The van der Waals surface area contributed by atoms with Crippen molar-refractivity contribution in [3.05, 3.63) is 58.1 Å². The summed E-state index contributed by atoms with van der Waals surface area (Å²) in [6, 6.07) is 9.67. The number of aromatic nitrogens is 2. The van der Waals surface area contributed by atoms with Crippen molar-refractivity contribution < 1.29 is 9.94 Å². The molecule has 8 nitrogen and oxygen atoms in total. The van der Waals surface area contributed by atoms with Gasteiger partial charge in [0.05, 0.1) is 12.1 Å². The van der Waals surface area contributed by atoms with Crippen molar-refractivity contribution in [1.82, 2.24) is 15.0 Å². The molecule has 8 heteroatoms. The Morgan fingerprint density at radius 1 is 1.26 bits per heavy atom. The van der Waals surface area contributed by atoms with Crippen molar-refractivity contribution in [2.75, 3.05) is 11.9 Å². The zero-order valence-corrected chi connectivity index (χ0v) is 17.8. The maximum atomic E-state index is 13.1. The number of nitrogens with zero attached hydrogens (tertiary/aromatic N) is 3. The summed E-state index contributed by atoms with van der Waals surface area (Å²) in [5, 5.41) is 13.7. The number of pyridine rings is 2. The Hall–Kier alpha value is -3.23. The van der Waals surface area contributed by atoms with Gasteiger partial charge in [-0.05, 0) is 62.1 Å². The van der Waals surface area contributed by atoms with Gasteiger partial charge >= 0.3 is 0 Å². The molecule has 5 rings (SSSR count). The SMILES string of the molecule is Cc1cc2c(cn1)cc(-c1cc(NC3=NC(C4(CO)CC4)ON3)ccc1C)c(=O)n2C. The Balaban J connectivity index is 1.50. The lowest BCUT2D eigenvalue weighted by Gasteiger charge is -2.14. The van der Waals surface area contributed by atoms with E-state index in [4.69, 9.17) is 4.84 Å². The Bertz CT molecular complexity index is 1280. The van der Waals surface area contributed by atoms with Crippen LogP contribution in [0.3, 0.4) is 0 Å². The number of fused-ring (bicyclic) bond motifs is 1. The fourth-order valence-electron chi connectivity index (χ4n) is 4.03. The minimum atomic E-state index is -0.395. The molecule has 31 heavy (non-hydrogen) atoms. The summed E-state index contributed by atoms with van der Waals surface area (Å²) in [5.41, 5.74) is 7.47. The molecule has 3 aromatic rings. The molecule has 1 aliphatic carbocycles. The number of aliphatic hydroxyl groups is 1. The monoisotopic (exact) mass is 419 g/mol. The van der Waals surface area contributed by atoms with Gasteiger partial charge in [-0.2, -0.15) is 0 Å². The zero-order valence-electron chi connectivity index (χ0n) is 17.8. The van der Waals surface area contributed by atoms with E-state index in [1.54, 1.807) is 17.8 Å². The van der Waals surface area contributed by atoms with Gasteiger partial charge in [-0.15, -0.1) is 0 Å². The number of rotatable bonds is 4. The molecule has 160 valence electrons. The predicted octanol–water partition coefficient (Wildman–Crippen LogP) is 2.62. The van der Waals surface area contributed by atoms with E-state index >= 15 is 0 Å². The maximum Gasteiger partial charge on any atom is 0.258 e. The highest BCUT2D eigenvalue weighted by Gasteiger charge is 2.52. The van der Waals surface area contributed by atoms with Gasteiger partial charge < -0.3 is 15.0 Å². The average Bonchev–Trinajstić information content (AvgIpc) is 3.43. The van der Waals surface area contributed by atoms with Crippen LogP contribution in [0.25, 0.3) is 22.0 Å². The van der Waals surface area contributed by atoms with E-state index in [2.05, 4.69) is 20.8 Å². The quantitative estimate of drug-likeness (QED) is 0.601. The number of aliphatic hydroxyl groups excluding tert-OH is 1. The number of hydrogen-bond acceptors (Lipinski definition) is 7. The second-order valence-electron chi connectivity index (χ2n) is 8.53. The van der Waals surface area contributed by atoms with Crippen molar-refractivity contribution >= 4 is 22.5 Å². The number of hydroxylamine groups is 1. The Kier molecular flexibility index (Phi) is 4.56. The first-order valence-electron chi connectivity index (χ1n) is 10.3. The number of aryl methyl sites for hydroxylation is 3. The third kappa shape index (κ3) is 3.37. The van der Waals surface area contributed by atoms with Gasteiger partial charge in [0.1, 0.15) is 0 Å². The van der Waals surface area contributed by atoms with Crippen molar-refractivity contribution in [1.29, 1.82) is 0 Å². The summed E-state index contributed by atoms with van der Waals surface area (Å²) in [6.07, 6.45) is 3.21. The molecule has 0 spiro atoms. The molecule has 0 radical (unpaired) electrons. The van der Waals surface area contributed by atoms with Crippen LogP contribution in [0.2, 0.25) is 0 Å². The number of guanidine groups is 1. The van der Waals surface area contributed by atoms with Crippen LogP contribution in [-0.2, 0) is 11.9 Å². The average molecular weight is 419 g/mol. The summed E-state index contributed by atoms with van der Waals surface area (Å²) in [6.45, 7) is 3.96. The van der Waals surface area contributed by atoms with E-state index in [9.17, 15) is 9.90 Å². The number of anilines is 1. The van der Waals surface area contributed by atoms with Gasteiger partial charge in [0.15, 0.2) is 6.23 Å². The molecular formula is C23H25N5O3. The molecule has 0 amide bonds. The first-order chi connectivity index (χ1) is 14.9. The Labute approximate surface area is 179 Å². The molecule has 2 aliphatic rings. The molecular weight excluding hydrogens is 394 g/mol. The smallest absolute Gasteiger partial charge is 0.258 e. The standard InChI is InChI=1S/C23H25N5O3/c1-13-4-5-16(25-22-26-21(31-27-22)23(12-29)6-7-23)10-17(13)18-9-15-11-24-14(2)8-19(15)28(3)20(18)30/h4-5,8-11,21,29H,6-7,12H2,1-3H3,(H2,25,26,27). The van der Waals surface area contributed by atoms with Gasteiger partial charge in [-0.1, -0.05) is 6.07 Å². The second kappa shape index (κ2) is 7.18. The molecule has 3 heterocycles. The molecule has 1 unspecified atom stereocenters. The van der Waals surface area contributed by atoms with Gasteiger partial charge in [0.25, 0.3) is 5.56 Å². The molecule has 0 bridgehead atoms. The van der Waals surface area contributed by atoms with Gasteiger partial charge in [0.2, 0.25) is 5.96 Å². The van der Waals surface area contributed by atoms with Crippen LogP contribution in [0.15, 0.2) is 46.3 Å². The molecule has 2 aromatic heterocycles. The van der Waals surface area contributed by atoms with Crippen LogP contribution in [0.1, 0.15) is 24.1 Å². The Morgan fingerprint density at radius 3 is 2.81 bits per heavy atom. The van der Waals surface area contributed by atoms with Crippen molar-refractivity contribution in [2.45, 2.75) is 32.9 Å².